The fraction of sp³-hybridized carbons (Fsp3) is 0.235. The lowest BCUT2D eigenvalue weighted by molar-refractivity contribution is 0.0949. The second-order valence-electron chi connectivity index (χ2n) is 5.19. The van der Waals surface area contributed by atoms with Gasteiger partial charge in [-0.05, 0) is 18.9 Å². The SMILES string of the molecule is Cc1nc(C(=O)NCCCn2ccnc2)c(-c2ccccc2)s1. The molecule has 0 saturated heterocycles. The number of amides is 1. The Morgan fingerprint density at radius 2 is 2.13 bits per heavy atom. The average Bonchev–Trinajstić information content (AvgIpc) is 3.21. The second kappa shape index (κ2) is 7.19. The van der Waals surface area contributed by atoms with E-state index in [4.69, 9.17) is 0 Å². The monoisotopic (exact) mass is 326 g/mol. The van der Waals surface area contributed by atoms with E-state index >= 15 is 0 Å². The van der Waals surface area contributed by atoms with Gasteiger partial charge in [-0.3, -0.25) is 4.79 Å². The zero-order chi connectivity index (χ0) is 16.1. The maximum Gasteiger partial charge on any atom is 0.271 e. The lowest BCUT2D eigenvalue weighted by atomic mass is 10.1. The van der Waals surface area contributed by atoms with Gasteiger partial charge in [-0.2, -0.15) is 0 Å². The van der Waals surface area contributed by atoms with Crippen LogP contribution in [0.3, 0.4) is 0 Å². The fourth-order valence-corrected chi connectivity index (χ4v) is 3.25. The molecule has 3 rings (SSSR count). The molecule has 0 saturated carbocycles. The fourth-order valence-electron chi connectivity index (χ4n) is 2.33. The van der Waals surface area contributed by atoms with Crippen LogP contribution in [0.1, 0.15) is 21.9 Å². The van der Waals surface area contributed by atoms with Crippen molar-refractivity contribution in [2.45, 2.75) is 19.9 Å². The van der Waals surface area contributed by atoms with E-state index in [0.29, 0.717) is 12.2 Å². The van der Waals surface area contributed by atoms with Crippen molar-refractivity contribution in [1.82, 2.24) is 19.9 Å². The lowest BCUT2D eigenvalue weighted by Crippen LogP contribution is -2.26. The van der Waals surface area contributed by atoms with Crippen LogP contribution < -0.4 is 5.32 Å². The van der Waals surface area contributed by atoms with Crippen molar-refractivity contribution in [3.05, 3.63) is 59.8 Å². The normalized spacial score (nSPS) is 10.7. The van der Waals surface area contributed by atoms with E-state index in [2.05, 4.69) is 15.3 Å². The molecule has 0 fully saturated rings. The topological polar surface area (TPSA) is 59.8 Å². The van der Waals surface area contributed by atoms with E-state index < -0.39 is 0 Å². The van der Waals surface area contributed by atoms with E-state index in [0.717, 1.165) is 28.4 Å². The van der Waals surface area contributed by atoms with Crippen LogP contribution in [0.25, 0.3) is 10.4 Å². The summed E-state index contributed by atoms with van der Waals surface area (Å²) in [5.74, 6) is -0.112. The molecule has 3 aromatic rings. The van der Waals surface area contributed by atoms with Crippen molar-refractivity contribution in [1.29, 1.82) is 0 Å². The standard InChI is InChI=1S/C17H18N4OS/c1-13-20-15(16(23-13)14-6-3-2-4-7-14)17(22)19-8-5-10-21-11-9-18-12-21/h2-4,6-7,9,11-12H,5,8,10H2,1H3,(H,19,22). The molecule has 5 nitrogen and oxygen atoms in total. The summed E-state index contributed by atoms with van der Waals surface area (Å²) < 4.78 is 1.99. The van der Waals surface area contributed by atoms with Crippen LogP contribution in [0, 0.1) is 6.92 Å². The van der Waals surface area contributed by atoms with Gasteiger partial charge in [-0.25, -0.2) is 9.97 Å². The predicted octanol–water partition coefficient (Wildman–Crippen LogP) is 3.14. The molecule has 1 N–H and O–H groups in total. The molecule has 0 atom stereocenters. The summed E-state index contributed by atoms with van der Waals surface area (Å²) in [6, 6.07) is 9.91. The van der Waals surface area contributed by atoms with Crippen molar-refractivity contribution in [2.24, 2.45) is 0 Å². The number of thiazole rings is 1. The van der Waals surface area contributed by atoms with Gasteiger partial charge in [0, 0.05) is 25.5 Å². The highest BCUT2D eigenvalue weighted by atomic mass is 32.1. The number of aromatic nitrogens is 3. The van der Waals surface area contributed by atoms with Gasteiger partial charge in [0.25, 0.3) is 5.91 Å². The van der Waals surface area contributed by atoms with E-state index in [-0.39, 0.29) is 5.91 Å². The third-order valence-corrected chi connectivity index (χ3v) is 4.44. The van der Waals surface area contributed by atoms with Gasteiger partial charge in [-0.1, -0.05) is 30.3 Å². The van der Waals surface area contributed by atoms with Crippen molar-refractivity contribution < 1.29 is 4.79 Å². The molecule has 0 aliphatic rings. The minimum absolute atomic E-state index is 0.112. The molecule has 0 bridgehead atoms. The molecular formula is C17H18N4OS. The first-order valence-electron chi connectivity index (χ1n) is 7.51. The molecule has 2 aromatic heterocycles. The maximum atomic E-state index is 12.4. The van der Waals surface area contributed by atoms with Gasteiger partial charge >= 0.3 is 0 Å². The Morgan fingerprint density at radius 3 is 2.87 bits per heavy atom. The number of imidazole rings is 1. The van der Waals surface area contributed by atoms with Gasteiger partial charge in [0.15, 0.2) is 0 Å². The summed E-state index contributed by atoms with van der Waals surface area (Å²) in [4.78, 5) is 21.8. The largest absolute Gasteiger partial charge is 0.351 e. The van der Waals surface area contributed by atoms with E-state index in [1.165, 1.54) is 0 Å². The molecule has 0 unspecified atom stereocenters. The number of hydrogen-bond acceptors (Lipinski definition) is 4. The Morgan fingerprint density at radius 1 is 1.30 bits per heavy atom. The molecule has 23 heavy (non-hydrogen) atoms. The van der Waals surface area contributed by atoms with Gasteiger partial charge in [0.2, 0.25) is 0 Å². The van der Waals surface area contributed by atoms with Gasteiger partial charge in [-0.15, -0.1) is 11.3 Å². The Balaban J connectivity index is 1.63. The van der Waals surface area contributed by atoms with Gasteiger partial charge < -0.3 is 9.88 Å². The van der Waals surface area contributed by atoms with Gasteiger partial charge in [0.1, 0.15) is 5.69 Å². The summed E-state index contributed by atoms with van der Waals surface area (Å²) >= 11 is 1.55. The van der Waals surface area contributed by atoms with Gasteiger partial charge in [0.05, 0.1) is 16.2 Å². The van der Waals surface area contributed by atoms with Crippen LogP contribution in [-0.4, -0.2) is 27.0 Å². The second-order valence-corrected chi connectivity index (χ2v) is 6.39. The van der Waals surface area contributed by atoms with Crippen molar-refractivity contribution >= 4 is 17.2 Å². The number of hydrogen-bond donors (Lipinski definition) is 1. The summed E-state index contributed by atoms with van der Waals surface area (Å²) in [5, 5.41) is 3.85. The molecule has 0 radical (unpaired) electrons. The van der Waals surface area contributed by atoms with Crippen LogP contribution in [-0.2, 0) is 6.54 Å². The predicted molar refractivity (Wildman–Crippen MR) is 91.5 cm³/mol. The summed E-state index contributed by atoms with van der Waals surface area (Å²) in [5.41, 5.74) is 1.54. The Hall–Kier alpha value is -2.47. The van der Waals surface area contributed by atoms with Crippen molar-refractivity contribution in [3.63, 3.8) is 0 Å². The summed E-state index contributed by atoms with van der Waals surface area (Å²) in [7, 11) is 0. The Bertz CT molecular complexity index is 765. The molecule has 0 aliphatic heterocycles. The van der Waals surface area contributed by atoms with E-state index in [9.17, 15) is 4.79 Å². The van der Waals surface area contributed by atoms with Crippen LogP contribution >= 0.6 is 11.3 Å². The number of aryl methyl sites for hydroxylation is 2. The van der Waals surface area contributed by atoms with Crippen LogP contribution in [0.5, 0.6) is 0 Å². The third-order valence-electron chi connectivity index (χ3n) is 3.42. The molecule has 0 aliphatic carbocycles. The lowest BCUT2D eigenvalue weighted by Gasteiger charge is -2.06. The minimum Gasteiger partial charge on any atom is -0.351 e. The number of benzene rings is 1. The number of carbonyl (C=O) groups excluding carboxylic acids is 1. The molecule has 6 heteroatoms. The Labute approximate surface area is 139 Å². The number of nitrogens with one attached hydrogen (secondary N) is 1. The molecule has 1 amide bonds. The first-order chi connectivity index (χ1) is 11.2. The quantitative estimate of drug-likeness (QED) is 0.708. The molecule has 1 aromatic carbocycles. The highest BCUT2D eigenvalue weighted by Gasteiger charge is 2.17. The van der Waals surface area contributed by atoms with Crippen LogP contribution in [0.15, 0.2) is 49.1 Å². The average molecular weight is 326 g/mol. The third kappa shape index (κ3) is 3.84. The molecule has 2 heterocycles. The zero-order valence-corrected chi connectivity index (χ0v) is 13.7. The Kier molecular flexibility index (Phi) is 4.83. The van der Waals surface area contributed by atoms with Crippen molar-refractivity contribution in [3.8, 4) is 10.4 Å². The van der Waals surface area contributed by atoms with Crippen LogP contribution in [0.2, 0.25) is 0 Å². The number of rotatable bonds is 6. The first-order valence-corrected chi connectivity index (χ1v) is 8.32. The minimum atomic E-state index is -0.112. The highest BCUT2D eigenvalue weighted by molar-refractivity contribution is 7.15. The zero-order valence-electron chi connectivity index (χ0n) is 12.9. The van der Waals surface area contributed by atoms with Crippen LogP contribution in [0.4, 0.5) is 0 Å². The summed E-state index contributed by atoms with van der Waals surface area (Å²) in [6.07, 6.45) is 6.30. The highest BCUT2D eigenvalue weighted by Crippen LogP contribution is 2.29. The number of nitrogens with zero attached hydrogens (tertiary/aromatic N) is 3. The maximum absolute atomic E-state index is 12.4. The summed E-state index contributed by atoms with van der Waals surface area (Å²) in [6.45, 7) is 3.37. The number of carbonyl (C=O) groups is 1. The van der Waals surface area contributed by atoms with E-state index in [1.807, 2.05) is 48.0 Å². The molecule has 0 spiro atoms. The van der Waals surface area contributed by atoms with Crippen molar-refractivity contribution in [2.75, 3.05) is 6.54 Å². The first kappa shape index (κ1) is 15.4. The molecule has 118 valence electrons. The smallest absolute Gasteiger partial charge is 0.271 e. The molecular weight excluding hydrogens is 308 g/mol. The van der Waals surface area contributed by atoms with E-state index in [1.54, 1.807) is 23.9 Å².